The third kappa shape index (κ3) is 5.14. The molecule has 8 aromatic carbocycles. The molecule has 0 fully saturated rings. The summed E-state index contributed by atoms with van der Waals surface area (Å²) in [5.74, 6) is 0.701. The zero-order valence-electron chi connectivity index (χ0n) is 30.1. The molecule has 11 rings (SSSR count). The van der Waals surface area contributed by atoms with Gasteiger partial charge in [0.05, 0.1) is 22.2 Å². The van der Waals surface area contributed by atoms with Crippen molar-refractivity contribution >= 4 is 54.6 Å². The van der Waals surface area contributed by atoms with E-state index < -0.39 is 0 Å². The third-order valence-corrected chi connectivity index (χ3v) is 10.8. The monoisotopic (exact) mass is 703 g/mol. The number of rotatable bonds is 5. The van der Waals surface area contributed by atoms with Crippen LogP contribution in [0, 0.1) is 6.92 Å². The Labute approximate surface area is 317 Å². The van der Waals surface area contributed by atoms with Crippen LogP contribution in [0.15, 0.2) is 186 Å². The summed E-state index contributed by atoms with van der Waals surface area (Å²) >= 11 is 0. The standard InChI is InChI=1S/C51H33N3O/c1-32-22-25-44-42(28-32)50(33-12-4-2-5-13-33)53-51(52-44)37-15-10-14-36(29-37)39-19-11-21-48-49(39)43-31-35(24-27-47(43)55-48)34-23-26-46-41(30-34)40-18-8-9-20-45(40)54(46)38-16-6-3-7-17-38/h2-31H,1H3. The number of nitrogens with zero attached hydrogens (tertiary/aromatic N) is 3. The van der Waals surface area contributed by atoms with E-state index in [2.05, 4.69) is 187 Å². The normalized spacial score (nSPS) is 11.7. The van der Waals surface area contributed by atoms with Crippen molar-refractivity contribution in [2.45, 2.75) is 6.92 Å². The van der Waals surface area contributed by atoms with Gasteiger partial charge in [0.15, 0.2) is 5.82 Å². The van der Waals surface area contributed by atoms with E-state index in [1.807, 2.05) is 6.07 Å². The number of aryl methyl sites for hydroxylation is 1. The van der Waals surface area contributed by atoms with Gasteiger partial charge in [-0.05, 0) is 95.9 Å². The summed E-state index contributed by atoms with van der Waals surface area (Å²) in [5, 5.41) is 5.70. The topological polar surface area (TPSA) is 43.9 Å². The zero-order valence-corrected chi connectivity index (χ0v) is 30.1. The highest BCUT2D eigenvalue weighted by molar-refractivity contribution is 6.14. The van der Waals surface area contributed by atoms with E-state index >= 15 is 0 Å². The first kappa shape index (κ1) is 31.2. The number of hydrogen-bond acceptors (Lipinski definition) is 3. The second kappa shape index (κ2) is 12.4. The molecule has 0 saturated carbocycles. The van der Waals surface area contributed by atoms with Gasteiger partial charge in [0.2, 0.25) is 0 Å². The maximum atomic E-state index is 6.50. The van der Waals surface area contributed by atoms with Crippen molar-refractivity contribution in [1.29, 1.82) is 0 Å². The molecule has 4 nitrogen and oxygen atoms in total. The van der Waals surface area contributed by atoms with E-state index in [1.54, 1.807) is 0 Å². The summed E-state index contributed by atoms with van der Waals surface area (Å²) < 4.78 is 8.85. The lowest BCUT2D eigenvalue weighted by Crippen LogP contribution is -1.96. The van der Waals surface area contributed by atoms with Crippen LogP contribution < -0.4 is 0 Å². The van der Waals surface area contributed by atoms with Gasteiger partial charge in [-0.3, -0.25) is 0 Å². The number of para-hydroxylation sites is 2. The van der Waals surface area contributed by atoms with Gasteiger partial charge >= 0.3 is 0 Å². The predicted octanol–water partition coefficient (Wildman–Crippen LogP) is 13.6. The predicted molar refractivity (Wildman–Crippen MR) is 228 cm³/mol. The lowest BCUT2D eigenvalue weighted by Gasteiger charge is -2.11. The van der Waals surface area contributed by atoms with Gasteiger partial charge in [-0.15, -0.1) is 0 Å². The molecule has 0 amide bonds. The fraction of sp³-hybridized carbons (Fsp3) is 0.0196. The Morgan fingerprint density at radius 2 is 1.15 bits per heavy atom. The highest BCUT2D eigenvalue weighted by atomic mass is 16.3. The number of fused-ring (bicyclic) bond motifs is 7. The minimum Gasteiger partial charge on any atom is -0.456 e. The van der Waals surface area contributed by atoms with E-state index in [-0.39, 0.29) is 0 Å². The number of aromatic nitrogens is 3. The van der Waals surface area contributed by atoms with Crippen LogP contribution in [0.25, 0.3) is 105 Å². The molecule has 0 aliphatic rings. The smallest absolute Gasteiger partial charge is 0.160 e. The van der Waals surface area contributed by atoms with E-state index in [4.69, 9.17) is 14.4 Å². The maximum absolute atomic E-state index is 6.50. The Hall–Kier alpha value is -7.30. The van der Waals surface area contributed by atoms with Crippen LogP contribution in [-0.2, 0) is 0 Å². The molecule has 3 heterocycles. The molecule has 0 aliphatic heterocycles. The summed E-state index contributed by atoms with van der Waals surface area (Å²) in [4.78, 5) is 10.3. The van der Waals surface area contributed by atoms with E-state index in [9.17, 15) is 0 Å². The van der Waals surface area contributed by atoms with Crippen LogP contribution >= 0.6 is 0 Å². The van der Waals surface area contributed by atoms with E-state index in [1.165, 1.54) is 27.4 Å². The fourth-order valence-corrected chi connectivity index (χ4v) is 8.27. The molecule has 0 bridgehead atoms. The quantitative estimate of drug-likeness (QED) is 0.179. The SMILES string of the molecule is Cc1ccc2nc(-c3cccc(-c4cccc5oc6ccc(-c7ccc8c(c7)c7ccccc7n8-c7ccccc7)cc6c45)c3)nc(-c3ccccc3)c2c1. The van der Waals surface area contributed by atoms with Crippen molar-refractivity contribution in [2.24, 2.45) is 0 Å². The van der Waals surface area contributed by atoms with E-state index in [0.29, 0.717) is 5.82 Å². The molecule has 0 atom stereocenters. The van der Waals surface area contributed by atoms with Crippen LogP contribution in [0.1, 0.15) is 5.56 Å². The second-order valence-corrected chi connectivity index (χ2v) is 14.3. The van der Waals surface area contributed by atoms with Crippen LogP contribution in [0.4, 0.5) is 0 Å². The lowest BCUT2D eigenvalue weighted by molar-refractivity contribution is 0.669. The Morgan fingerprint density at radius 3 is 2.02 bits per heavy atom. The average molecular weight is 704 g/mol. The molecule has 0 aliphatic carbocycles. The minimum absolute atomic E-state index is 0.701. The Kier molecular flexibility index (Phi) is 7.04. The van der Waals surface area contributed by atoms with Gasteiger partial charge in [-0.25, -0.2) is 9.97 Å². The Bertz CT molecular complexity index is 3270. The minimum atomic E-state index is 0.701. The third-order valence-electron chi connectivity index (χ3n) is 10.8. The molecule has 3 aromatic heterocycles. The van der Waals surface area contributed by atoms with Crippen LogP contribution in [0.2, 0.25) is 0 Å². The van der Waals surface area contributed by atoms with Crippen molar-refractivity contribution < 1.29 is 4.42 Å². The molecule has 0 radical (unpaired) electrons. The van der Waals surface area contributed by atoms with E-state index in [0.717, 1.165) is 77.6 Å². The molecule has 0 saturated heterocycles. The van der Waals surface area contributed by atoms with Crippen molar-refractivity contribution in [3.63, 3.8) is 0 Å². The van der Waals surface area contributed by atoms with Gasteiger partial charge in [-0.1, -0.05) is 121 Å². The first-order valence-electron chi connectivity index (χ1n) is 18.7. The highest BCUT2D eigenvalue weighted by Crippen LogP contribution is 2.41. The van der Waals surface area contributed by atoms with Crippen molar-refractivity contribution in [1.82, 2.24) is 14.5 Å². The first-order valence-corrected chi connectivity index (χ1v) is 18.7. The van der Waals surface area contributed by atoms with Crippen molar-refractivity contribution in [2.75, 3.05) is 0 Å². The largest absolute Gasteiger partial charge is 0.456 e. The summed E-state index contributed by atoms with van der Waals surface area (Å²) in [5.41, 5.74) is 14.9. The molecule has 0 N–H and O–H groups in total. The Balaban J connectivity index is 1.05. The summed E-state index contributed by atoms with van der Waals surface area (Å²) in [6, 6.07) is 64.3. The van der Waals surface area contributed by atoms with Crippen LogP contribution in [0.3, 0.4) is 0 Å². The van der Waals surface area contributed by atoms with Gasteiger partial charge in [0.1, 0.15) is 11.2 Å². The van der Waals surface area contributed by atoms with Gasteiger partial charge < -0.3 is 8.98 Å². The first-order chi connectivity index (χ1) is 27.2. The van der Waals surface area contributed by atoms with Gasteiger partial charge in [-0.2, -0.15) is 0 Å². The van der Waals surface area contributed by atoms with Crippen molar-refractivity contribution in [3.8, 4) is 50.6 Å². The Morgan fingerprint density at radius 1 is 0.436 bits per heavy atom. The maximum Gasteiger partial charge on any atom is 0.160 e. The molecular weight excluding hydrogens is 671 g/mol. The lowest BCUT2D eigenvalue weighted by atomic mass is 9.96. The summed E-state index contributed by atoms with van der Waals surface area (Å²) in [7, 11) is 0. The fourth-order valence-electron chi connectivity index (χ4n) is 8.27. The number of benzene rings is 8. The second-order valence-electron chi connectivity index (χ2n) is 14.3. The van der Waals surface area contributed by atoms with Gasteiger partial charge in [0, 0.05) is 43.7 Å². The van der Waals surface area contributed by atoms with Crippen LogP contribution in [0.5, 0.6) is 0 Å². The highest BCUT2D eigenvalue weighted by Gasteiger charge is 2.18. The molecular formula is C51H33N3O. The molecule has 258 valence electrons. The van der Waals surface area contributed by atoms with Crippen molar-refractivity contribution in [3.05, 3.63) is 188 Å². The molecule has 0 spiro atoms. The molecule has 0 unspecified atom stereocenters. The average Bonchev–Trinajstić information content (AvgIpc) is 3.79. The van der Waals surface area contributed by atoms with Gasteiger partial charge in [0.25, 0.3) is 0 Å². The summed E-state index contributed by atoms with van der Waals surface area (Å²) in [6.45, 7) is 2.11. The van der Waals surface area contributed by atoms with Crippen LogP contribution in [-0.4, -0.2) is 14.5 Å². The number of hydrogen-bond donors (Lipinski definition) is 0. The molecule has 4 heteroatoms. The summed E-state index contributed by atoms with van der Waals surface area (Å²) in [6.07, 6.45) is 0. The zero-order chi connectivity index (χ0) is 36.5. The molecule has 11 aromatic rings. The number of furan rings is 1. The molecule has 55 heavy (non-hydrogen) atoms.